The standard InChI is InChI=1S/C9H9ClN2O6S/c1-18-9(15)12-19(16,17)11-5-2-3-7(10)6(4-5)8(13)14/h2-4,11H,1H3,(H,12,15)(H,13,14). The van der Waals surface area contributed by atoms with Crippen LogP contribution in [0.15, 0.2) is 18.2 Å². The Morgan fingerprint density at radius 1 is 1.37 bits per heavy atom. The van der Waals surface area contributed by atoms with E-state index in [0.29, 0.717) is 0 Å². The quantitative estimate of drug-likeness (QED) is 0.764. The highest BCUT2D eigenvalue weighted by atomic mass is 35.5. The summed E-state index contributed by atoms with van der Waals surface area (Å²) < 4.78 is 30.5. The Balaban J connectivity index is 2.97. The van der Waals surface area contributed by atoms with Crippen molar-refractivity contribution >= 4 is 39.6 Å². The molecule has 0 bridgehead atoms. The molecular weight excluding hydrogens is 300 g/mol. The lowest BCUT2D eigenvalue weighted by atomic mass is 10.2. The lowest BCUT2D eigenvalue weighted by Crippen LogP contribution is -2.35. The first-order valence-electron chi connectivity index (χ1n) is 4.66. The van der Waals surface area contributed by atoms with E-state index in [1.165, 1.54) is 16.9 Å². The van der Waals surface area contributed by atoms with E-state index in [9.17, 15) is 18.0 Å². The zero-order valence-electron chi connectivity index (χ0n) is 9.51. The number of hydrogen-bond donors (Lipinski definition) is 3. The summed E-state index contributed by atoms with van der Waals surface area (Å²) in [7, 11) is -3.22. The summed E-state index contributed by atoms with van der Waals surface area (Å²) in [6.07, 6.45) is -1.18. The number of amides is 1. The molecule has 0 aliphatic carbocycles. The Morgan fingerprint density at radius 3 is 2.53 bits per heavy atom. The molecule has 10 heteroatoms. The smallest absolute Gasteiger partial charge is 0.422 e. The summed E-state index contributed by atoms with van der Waals surface area (Å²) in [5.74, 6) is -1.31. The number of carbonyl (C=O) groups excluding carboxylic acids is 1. The van der Waals surface area contributed by atoms with Crippen LogP contribution in [0.25, 0.3) is 0 Å². The fourth-order valence-electron chi connectivity index (χ4n) is 1.08. The summed E-state index contributed by atoms with van der Waals surface area (Å²) >= 11 is 5.62. The zero-order chi connectivity index (χ0) is 14.6. The van der Waals surface area contributed by atoms with E-state index in [-0.39, 0.29) is 16.3 Å². The highest BCUT2D eigenvalue weighted by molar-refractivity contribution is 7.91. The van der Waals surface area contributed by atoms with Gasteiger partial charge in [-0.3, -0.25) is 4.72 Å². The minimum absolute atomic E-state index is 0.0450. The van der Waals surface area contributed by atoms with Crippen LogP contribution >= 0.6 is 11.6 Å². The molecule has 1 rings (SSSR count). The van der Waals surface area contributed by atoms with Gasteiger partial charge >= 0.3 is 22.3 Å². The third-order valence-electron chi connectivity index (χ3n) is 1.85. The topological polar surface area (TPSA) is 122 Å². The van der Waals surface area contributed by atoms with Gasteiger partial charge in [0, 0.05) is 0 Å². The van der Waals surface area contributed by atoms with Gasteiger partial charge in [0.25, 0.3) is 0 Å². The van der Waals surface area contributed by atoms with Crippen molar-refractivity contribution in [1.82, 2.24) is 4.72 Å². The van der Waals surface area contributed by atoms with E-state index in [4.69, 9.17) is 16.7 Å². The number of anilines is 1. The van der Waals surface area contributed by atoms with E-state index in [0.717, 1.165) is 13.2 Å². The van der Waals surface area contributed by atoms with E-state index in [1.54, 1.807) is 0 Å². The predicted octanol–water partition coefficient (Wildman–Crippen LogP) is 1.05. The molecule has 0 unspecified atom stereocenters. The van der Waals surface area contributed by atoms with Gasteiger partial charge in [-0.15, -0.1) is 0 Å². The maximum absolute atomic E-state index is 11.4. The molecule has 0 aliphatic heterocycles. The molecule has 1 aromatic carbocycles. The predicted molar refractivity (Wildman–Crippen MR) is 66.5 cm³/mol. The van der Waals surface area contributed by atoms with Crippen molar-refractivity contribution in [3.05, 3.63) is 28.8 Å². The number of aromatic carboxylic acids is 1. The van der Waals surface area contributed by atoms with Gasteiger partial charge in [-0.25, -0.2) is 14.3 Å². The molecule has 0 heterocycles. The van der Waals surface area contributed by atoms with Gasteiger partial charge in [0.1, 0.15) is 0 Å². The maximum Gasteiger partial charge on any atom is 0.422 e. The first kappa shape index (κ1) is 15.1. The highest BCUT2D eigenvalue weighted by Gasteiger charge is 2.16. The lowest BCUT2D eigenvalue weighted by Gasteiger charge is -2.09. The SMILES string of the molecule is COC(=O)NS(=O)(=O)Nc1ccc(Cl)c(C(=O)O)c1. The third kappa shape index (κ3) is 4.30. The van der Waals surface area contributed by atoms with Crippen LogP contribution in [0.3, 0.4) is 0 Å². The molecule has 0 saturated heterocycles. The average molecular weight is 309 g/mol. The fourth-order valence-corrected chi connectivity index (χ4v) is 2.07. The molecule has 0 saturated carbocycles. The van der Waals surface area contributed by atoms with Crippen LogP contribution in [0.2, 0.25) is 5.02 Å². The Labute approximate surface area is 113 Å². The number of benzene rings is 1. The number of carboxylic acids is 1. The summed E-state index contributed by atoms with van der Waals surface area (Å²) in [4.78, 5) is 21.6. The van der Waals surface area contributed by atoms with Gasteiger partial charge in [0.15, 0.2) is 0 Å². The Morgan fingerprint density at radius 2 is 2.00 bits per heavy atom. The molecule has 8 nitrogen and oxygen atoms in total. The van der Waals surface area contributed by atoms with Crippen LogP contribution in [0.4, 0.5) is 10.5 Å². The molecule has 3 N–H and O–H groups in total. The van der Waals surface area contributed by atoms with Crippen molar-refractivity contribution in [1.29, 1.82) is 0 Å². The summed E-state index contributed by atoms with van der Waals surface area (Å²) in [6, 6.07) is 3.47. The van der Waals surface area contributed by atoms with Crippen LogP contribution in [0.5, 0.6) is 0 Å². The number of halogens is 1. The molecule has 0 radical (unpaired) electrons. The second-order valence-corrected chi connectivity index (χ2v) is 5.02. The summed E-state index contributed by atoms with van der Waals surface area (Å²) in [5, 5.41) is 8.78. The average Bonchev–Trinajstić information content (AvgIpc) is 2.30. The Hall–Kier alpha value is -2.00. The van der Waals surface area contributed by atoms with Gasteiger partial charge in [0.05, 0.1) is 23.4 Å². The van der Waals surface area contributed by atoms with Crippen molar-refractivity contribution in [2.45, 2.75) is 0 Å². The molecule has 19 heavy (non-hydrogen) atoms. The number of hydrogen-bond acceptors (Lipinski definition) is 5. The number of rotatable bonds is 4. The first-order chi connectivity index (χ1) is 8.75. The van der Waals surface area contributed by atoms with Crippen LogP contribution in [-0.2, 0) is 14.9 Å². The van der Waals surface area contributed by atoms with Gasteiger partial charge < -0.3 is 9.84 Å². The third-order valence-corrected chi connectivity index (χ3v) is 3.12. The van der Waals surface area contributed by atoms with Crippen LogP contribution in [0.1, 0.15) is 10.4 Å². The molecular formula is C9H9ClN2O6S. The van der Waals surface area contributed by atoms with E-state index in [1.807, 2.05) is 4.72 Å². The number of carboxylic acid groups (broad SMARTS) is 1. The fraction of sp³-hybridized carbons (Fsp3) is 0.111. The normalized spacial score (nSPS) is 10.6. The first-order valence-corrected chi connectivity index (χ1v) is 6.52. The maximum atomic E-state index is 11.4. The van der Waals surface area contributed by atoms with Crippen molar-refractivity contribution < 1.29 is 27.9 Å². The second kappa shape index (κ2) is 5.76. The molecule has 1 aromatic rings. The zero-order valence-corrected chi connectivity index (χ0v) is 11.1. The largest absolute Gasteiger partial charge is 0.478 e. The van der Waals surface area contributed by atoms with Crippen molar-refractivity contribution in [2.24, 2.45) is 0 Å². The van der Waals surface area contributed by atoms with Gasteiger partial charge in [-0.05, 0) is 18.2 Å². The van der Waals surface area contributed by atoms with Gasteiger partial charge in [0.2, 0.25) is 0 Å². The molecule has 104 valence electrons. The number of methoxy groups -OCH3 is 1. The number of nitrogens with one attached hydrogen (secondary N) is 2. The van der Waals surface area contributed by atoms with Crippen molar-refractivity contribution in [3.63, 3.8) is 0 Å². The van der Waals surface area contributed by atoms with Gasteiger partial charge in [-0.1, -0.05) is 11.6 Å². The minimum Gasteiger partial charge on any atom is -0.478 e. The summed E-state index contributed by atoms with van der Waals surface area (Å²) in [6.45, 7) is 0. The van der Waals surface area contributed by atoms with E-state index >= 15 is 0 Å². The summed E-state index contributed by atoms with van der Waals surface area (Å²) in [5.41, 5.74) is -0.349. The van der Waals surface area contributed by atoms with Crippen LogP contribution < -0.4 is 9.44 Å². The Kier molecular flexibility index (Phi) is 4.57. The van der Waals surface area contributed by atoms with Crippen molar-refractivity contribution in [3.8, 4) is 0 Å². The molecule has 0 fully saturated rings. The lowest BCUT2D eigenvalue weighted by molar-refractivity contribution is 0.0697. The van der Waals surface area contributed by atoms with E-state index < -0.39 is 22.3 Å². The number of ether oxygens (including phenoxy) is 1. The molecule has 0 spiro atoms. The highest BCUT2D eigenvalue weighted by Crippen LogP contribution is 2.21. The minimum atomic E-state index is -4.21. The molecule has 0 aliphatic rings. The molecule has 0 atom stereocenters. The molecule has 0 aromatic heterocycles. The van der Waals surface area contributed by atoms with Crippen LogP contribution in [-0.4, -0.2) is 32.7 Å². The van der Waals surface area contributed by atoms with Gasteiger partial charge in [-0.2, -0.15) is 8.42 Å². The van der Waals surface area contributed by atoms with Crippen molar-refractivity contribution in [2.75, 3.05) is 11.8 Å². The number of carbonyl (C=O) groups is 2. The monoisotopic (exact) mass is 308 g/mol. The second-order valence-electron chi connectivity index (χ2n) is 3.20. The van der Waals surface area contributed by atoms with E-state index in [2.05, 4.69) is 4.74 Å². The van der Waals surface area contributed by atoms with Crippen LogP contribution in [0, 0.1) is 0 Å². The molecule has 1 amide bonds. The Bertz CT molecular complexity index is 615.